The highest BCUT2D eigenvalue weighted by molar-refractivity contribution is 6.33. The van der Waals surface area contributed by atoms with Crippen molar-refractivity contribution in [1.82, 2.24) is 9.97 Å². The Bertz CT molecular complexity index is 912. The summed E-state index contributed by atoms with van der Waals surface area (Å²) in [5.41, 5.74) is 2.98. The van der Waals surface area contributed by atoms with Crippen molar-refractivity contribution in [2.45, 2.75) is 13.8 Å². The first-order chi connectivity index (χ1) is 12.6. The van der Waals surface area contributed by atoms with Gasteiger partial charge in [0.05, 0.1) is 23.1 Å². The van der Waals surface area contributed by atoms with Crippen LogP contribution < -0.4 is 10.2 Å². The van der Waals surface area contributed by atoms with Gasteiger partial charge in [0.25, 0.3) is 5.91 Å². The molecule has 0 radical (unpaired) electrons. The van der Waals surface area contributed by atoms with Crippen LogP contribution in [0.1, 0.15) is 23.0 Å². The monoisotopic (exact) mass is 366 g/mol. The first-order valence-corrected chi connectivity index (χ1v) is 8.68. The van der Waals surface area contributed by atoms with Gasteiger partial charge >= 0.3 is 0 Å². The summed E-state index contributed by atoms with van der Waals surface area (Å²) in [5, 5.41) is 3.22. The van der Waals surface area contributed by atoms with Gasteiger partial charge in [-0.1, -0.05) is 35.9 Å². The molecule has 0 saturated carbocycles. The largest absolute Gasteiger partial charge is 0.325 e. The Balaban J connectivity index is 1.79. The van der Waals surface area contributed by atoms with Crippen molar-refractivity contribution in [3.05, 3.63) is 77.2 Å². The van der Waals surface area contributed by atoms with Crippen LogP contribution in [0.2, 0.25) is 5.02 Å². The smallest absolute Gasteiger partial charge is 0.275 e. The van der Waals surface area contributed by atoms with Crippen molar-refractivity contribution < 1.29 is 4.79 Å². The minimum atomic E-state index is -0.351. The molecular weight excluding hydrogens is 348 g/mol. The molecule has 0 aliphatic heterocycles. The fraction of sp³-hybridized carbons (Fsp3) is 0.150. The van der Waals surface area contributed by atoms with Crippen LogP contribution in [0.5, 0.6) is 0 Å². The van der Waals surface area contributed by atoms with Crippen LogP contribution in [0, 0.1) is 6.92 Å². The predicted molar refractivity (Wildman–Crippen MR) is 105 cm³/mol. The number of rotatable bonds is 5. The number of anilines is 3. The number of nitrogens with zero attached hydrogens (tertiary/aromatic N) is 3. The third kappa shape index (κ3) is 4.00. The number of hydrogen-bond donors (Lipinski definition) is 1. The summed E-state index contributed by atoms with van der Waals surface area (Å²) in [6.45, 7) is 4.83. The second-order valence-electron chi connectivity index (χ2n) is 5.78. The molecule has 1 aromatic heterocycles. The number of hydrogen-bond acceptors (Lipinski definition) is 4. The Hall–Kier alpha value is -2.92. The number of aryl methyl sites for hydroxylation is 1. The lowest BCUT2D eigenvalue weighted by molar-refractivity contribution is 0.102. The fourth-order valence-electron chi connectivity index (χ4n) is 2.60. The standard InChI is InChI=1S/C20H19ClN4O/c1-3-25(15-8-6-7-14(2)11-15)19-13-22-18(12-23-19)20(26)24-17-10-5-4-9-16(17)21/h4-13H,3H2,1-2H3,(H,24,26). The average molecular weight is 367 g/mol. The highest BCUT2D eigenvalue weighted by atomic mass is 35.5. The molecule has 26 heavy (non-hydrogen) atoms. The van der Waals surface area contributed by atoms with Crippen LogP contribution >= 0.6 is 11.6 Å². The molecule has 1 heterocycles. The highest BCUT2D eigenvalue weighted by Crippen LogP contribution is 2.24. The van der Waals surface area contributed by atoms with E-state index < -0.39 is 0 Å². The van der Waals surface area contributed by atoms with Gasteiger partial charge in [0.15, 0.2) is 5.82 Å². The molecule has 6 heteroatoms. The van der Waals surface area contributed by atoms with Gasteiger partial charge in [0, 0.05) is 12.2 Å². The maximum atomic E-state index is 12.3. The van der Waals surface area contributed by atoms with Crippen molar-refractivity contribution in [3.63, 3.8) is 0 Å². The molecule has 0 atom stereocenters. The van der Waals surface area contributed by atoms with Crippen molar-refractivity contribution in [2.75, 3.05) is 16.8 Å². The molecule has 0 saturated heterocycles. The Kier molecular flexibility index (Phi) is 5.49. The van der Waals surface area contributed by atoms with Crippen LogP contribution in [0.3, 0.4) is 0 Å². The number of halogens is 1. The fourth-order valence-corrected chi connectivity index (χ4v) is 2.78. The summed E-state index contributed by atoms with van der Waals surface area (Å²) in [7, 11) is 0. The van der Waals surface area contributed by atoms with E-state index in [1.807, 2.05) is 36.9 Å². The van der Waals surface area contributed by atoms with Crippen molar-refractivity contribution in [3.8, 4) is 0 Å². The Labute approximate surface area is 157 Å². The van der Waals surface area contributed by atoms with Gasteiger partial charge in [-0.3, -0.25) is 4.79 Å². The van der Waals surface area contributed by atoms with Crippen molar-refractivity contribution in [1.29, 1.82) is 0 Å². The lowest BCUT2D eigenvalue weighted by Crippen LogP contribution is -2.19. The van der Waals surface area contributed by atoms with E-state index in [9.17, 15) is 4.79 Å². The molecule has 0 aliphatic rings. The maximum Gasteiger partial charge on any atom is 0.275 e. The summed E-state index contributed by atoms with van der Waals surface area (Å²) in [6.07, 6.45) is 3.08. The van der Waals surface area contributed by atoms with Gasteiger partial charge in [0.1, 0.15) is 5.69 Å². The first kappa shape index (κ1) is 17.9. The molecule has 3 aromatic rings. The summed E-state index contributed by atoms with van der Waals surface area (Å²) >= 11 is 6.06. The van der Waals surface area contributed by atoms with Gasteiger partial charge in [-0.15, -0.1) is 0 Å². The third-order valence-electron chi connectivity index (χ3n) is 3.90. The van der Waals surface area contributed by atoms with E-state index in [1.54, 1.807) is 30.5 Å². The van der Waals surface area contributed by atoms with E-state index in [0.717, 1.165) is 12.2 Å². The lowest BCUT2D eigenvalue weighted by atomic mass is 10.2. The lowest BCUT2D eigenvalue weighted by Gasteiger charge is -2.22. The van der Waals surface area contributed by atoms with Crippen LogP contribution in [-0.4, -0.2) is 22.4 Å². The average Bonchev–Trinajstić information content (AvgIpc) is 2.65. The summed E-state index contributed by atoms with van der Waals surface area (Å²) in [5.74, 6) is 0.336. The Morgan fingerprint density at radius 3 is 2.58 bits per heavy atom. The van der Waals surface area contributed by atoms with Crippen LogP contribution in [0.25, 0.3) is 0 Å². The van der Waals surface area contributed by atoms with E-state index in [-0.39, 0.29) is 11.6 Å². The maximum absolute atomic E-state index is 12.3. The molecule has 0 unspecified atom stereocenters. The molecular formula is C20H19ClN4O. The van der Waals surface area contributed by atoms with E-state index in [4.69, 9.17) is 11.6 Å². The summed E-state index contributed by atoms with van der Waals surface area (Å²) in [6, 6.07) is 15.2. The van der Waals surface area contributed by atoms with Crippen LogP contribution in [0.4, 0.5) is 17.2 Å². The molecule has 0 aliphatic carbocycles. The van der Waals surface area contributed by atoms with E-state index in [0.29, 0.717) is 16.5 Å². The minimum absolute atomic E-state index is 0.231. The van der Waals surface area contributed by atoms with E-state index in [2.05, 4.69) is 21.4 Å². The molecule has 1 amide bonds. The first-order valence-electron chi connectivity index (χ1n) is 8.30. The van der Waals surface area contributed by atoms with Gasteiger partial charge in [-0.05, 0) is 43.7 Å². The molecule has 0 spiro atoms. The number of amides is 1. The SMILES string of the molecule is CCN(c1cccc(C)c1)c1cnc(C(=O)Nc2ccccc2Cl)cn1. The highest BCUT2D eigenvalue weighted by Gasteiger charge is 2.13. The predicted octanol–water partition coefficient (Wildman–Crippen LogP) is 4.85. The minimum Gasteiger partial charge on any atom is -0.325 e. The van der Waals surface area contributed by atoms with E-state index >= 15 is 0 Å². The molecule has 132 valence electrons. The molecule has 0 bridgehead atoms. The zero-order chi connectivity index (χ0) is 18.5. The molecule has 5 nitrogen and oxygen atoms in total. The number of para-hydroxylation sites is 1. The van der Waals surface area contributed by atoms with Gasteiger partial charge in [0.2, 0.25) is 0 Å². The number of nitrogens with one attached hydrogen (secondary N) is 1. The van der Waals surface area contributed by atoms with Gasteiger partial charge in [-0.25, -0.2) is 9.97 Å². The van der Waals surface area contributed by atoms with Crippen LogP contribution in [-0.2, 0) is 0 Å². The second-order valence-corrected chi connectivity index (χ2v) is 6.18. The normalized spacial score (nSPS) is 10.4. The summed E-state index contributed by atoms with van der Waals surface area (Å²) in [4.78, 5) is 23.1. The van der Waals surface area contributed by atoms with E-state index in [1.165, 1.54) is 11.8 Å². The zero-order valence-electron chi connectivity index (χ0n) is 14.6. The number of carbonyl (C=O) groups excluding carboxylic acids is 1. The quantitative estimate of drug-likeness (QED) is 0.701. The van der Waals surface area contributed by atoms with Crippen molar-refractivity contribution in [2.24, 2.45) is 0 Å². The molecule has 3 rings (SSSR count). The zero-order valence-corrected chi connectivity index (χ0v) is 15.4. The number of aromatic nitrogens is 2. The molecule has 0 fully saturated rings. The van der Waals surface area contributed by atoms with Crippen molar-refractivity contribution >= 4 is 34.7 Å². The molecule has 2 aromatic carbocycles. The van der Waals surface area contributed by atoms with Gasteiger partial charge in [-0.2, -0.15) is 0 Å². The summed E-state index contributed by atoms with van der Waals surface area (Å²) < 4.78 is 0. The molecule has 1 N–H and O–H groups in total. The Morgan fingerprint density at radius 1 is 1.12 bits per heavy atom. The topological polar surface area (TPSA) is 58.1 Å². The number of carbonyl (C=O) groups is 1. The Morgan fingerprint density at radius 2 is 1.92 bits per heavy atom. The van der Waals surface area contributed by atoms with Gasteiger partial charge < -0.3 is 10.2 Å². The third-order valence-corrected chi connectivity index (χ3v) is 4.23. The second kappa shape index (κ2) is 7.97. The number of benzene rings is 2. The van der Waals surface area contributed by atoms with Crippen LogP contribution in [0.15, 0.2) is 60.9 Å².